The molecule has 0 spiro atoms. The Morgan fingerprint density at radius 2 is 1.50 bits per heavy atom. The fraction of sp³-hybridized carbons (Fsp3) is 0.0455. The van der Waals surface area contributed by atoms with Crippen LogP contribution in [-0.2, 0) is 4.79 Å². The number of nitrogens with one attached hydrogen (secondary N) is 2. The number of carbonyl (C=O) groups is 4. The molecule has 1 aliphatic heterocycles. The molecule has 8 heteroatoms. The molecular weight excluding hydrogens is 384 g/mol. The summed E-state index contributed by atoms with van der Waals surface area (Å²) in [6.07, 6.45) is 3.02. The van der Waals surface area contributed by atoms with Crippen molar-refractivity contribution < 1.29 is 19.2 Å². The van der Waals surface area contributed by atoms with E-state index in [1.54, 1.807) is 66.9 Å². The molecule has 1 aromatic heterocycles. The predicted molar refractivity (Wildman–Crippen MR) is 109 cm³/mol. The first-order chi connectivity index (χ1) is 14.5. The second kappa shape index (κ2) is 7.96. The lowest BCUT2D eigenvalue weighted by Gasteiger charge is -2.14. The molecule has 2 N–H and O–H groups in total. The standard InChI is InChI=1S/C22H16N4O4/c27-19(13-26-21(29)17-8-1-2-9-18(17)22(26)30)24-15-6-3-7-16(11-15)25-20(28)14-5-4-10-23-12-14/h1-12H,13H2,(H,24,27)(H,25,28). The van der Waals surface area contributed by atoms with Gasteiger partial charge in [-0.15, -0.1) is 0 Å². The van der Waals surface area contributed by atoms with E-state index in [4.69, 9.17) is 0 Å². The van der Waals surface area contributed by atoms with Crippen molar-refractivity contribution in [3.05, 3.63) is 89.7 Å². The van der Waals surface area contributed by atoms with Gasteiger partial charge in [-0.1, -0.05) is 18.2 Å². The molecule has 30 heavy (non-hydrogen) atoms. The fourth-order valence-corrected chi connectivity index (χ4v) is 3.10. The summed E-state index contributed by atoms with van der Waals surface area (Å²) in [6, 6.07) is 16.3. The number of fused-ring (bicyclic) bond motifs is 1. The number of benzene rings is 2. The van der Waals surface area contributed by atoms with Crippen molar-refractivity contribution in [3.63, 3.8) is 0 Å². The lowest BCUT2D eigenvalue weighted by molar-refractivity contribution is -0.116. The highest BCUT2D eigenvalue weighted by atomic mass is 16.2. The van der Waals surface area contributed by atoms with Crippen molar-refractivity contribution >= 4 is 35.0 Å². The van der Waals surface area contributed by atoms with Gasteiger partial charge in [-0.2, -0.15) is 0 Å². The molecule has 0 radical (unpaired) electrons. The number of imide groups is 1. The minimum absolute atomic E-state index is 0.287. The molecule has 4 rings (SSSR count). The predicted octanol–water partition coefficient (Wildman–Crippen LogP) is 2.57. The summed E-state index contributed by atoms with van der Waals surface area (Å²) in [6.45, 7) is -0.404. The van der Waals surface area contributed by atoms with Gasteiger partial charge in [0.1, 0.15) is 6.54 Å². The van der Waals surface area contributed by atoms with Crippen molar-refractivity contribution in [3.8, 4) is 0 Å². The Morgan fingerprint density at radius 1 is 0.833 bits per heavy atom. The molecule has 2 heterocycles. The van der Waals surface area contributed by atoms with Crippen molar-refractivity contribution in [2.24, 2.45) is 0 Å². The van der Waals surface area contributed by atoms with Crippen LogP contribution in [0.1, 0.15) is 31.1 Å². The number of carbonyl (C=O) groups excluding carboxylic acids is 4. The van der Waals surface area contributed by atoms with Crippen LogP contribution in [0, 0.1) is 0 Å². The smallest absolute Gasteiger partial charge is 0.262 e. The van der Waals surface area contributed by atoms with Crippen LogP contribution in [0.4, 0.5) is 11.4 Å². The van der Waals surface area contributed by atoms with Crippen LogP contribution in [0.3, 0.4) is 0 Å². The number of nitrogens with zero attached hydrogens (tertiary/aromatic N) is 2. The molecule has 1 aliphatic rings. The number of rotatable bonds is 5. The number of hydrogen-bond acceptors (Lipinski definition) is 5. The Hall–Kier alpha value is -4.33. The van der Waals surface area contributed by atoms with Crippen LogP contribution >= 0.6 is 0 Å². The Balaban J connectivity index is 1.41. The Bertz CT molecular complexity index is 1130. The van der Waals surface area contributed by atoms with E-state index in [1.807, 2.05) is 0 Å². The third kappa shape index (κ3) is 3.79. The van der Waals surface area contributed by atoms with E-state index < -0.39 is 24.3 Å². The minimum Gasteiger partial charge on any atom is -0.324 e. The molecule has 0 fully saturated rings. The van der Waals surface area contributed by atoms with Gasteiger partial charge >= 0.3 is 0 Å². The number of pyridine rings is 1. The van der Waals surface area contributed by atoms with E-state index in [0.29, 0.717) is 16.9 Å². The summed E-state index contributed by atoms with van der Waals surface area (Å²) < 4.78 is 0. The molecule has 0 bridgehead atoms. The average molecular weight is 400 g/mol. The van der Waals surface area contributed by atoms with Crippen molar-refractivity contribution in [2.75, 3.05) is 17.2 Å². The van der Waals surface area contributed by atoms with Crippen LogP contribution in [0.5, 0.6) is 0 Å². The molecule has 8 nitrogen and oxygen atoms in total. The van der Waals surface area contributed by atoms with Crippen molar-refractivity contribution in [2.45, 2.75) is 0 Å². The first-order valence-electron chi connectivity index (χ1n) is 9.09. The number of aromatic nitrogens is 1. The zero-order valence-corrected chi connectivity index (χ0v) is 15.7. The maximum absolute atomic E-state index is 12.4. The van der Waals surface area contributed by atoms with Crippen LogP contribution in [0.2, 0.25) is 0 Å². The maximum atomic E-state index is 12.4. The van der Waals surface area contributed by atoms with Gasteiger partial charge in [-0.05, 0) is 42.5 Å². The van der Waals surface area contributed by atoms with Gasteiger partial charge in [0.15, 0.2) is 0 Å². The summed E-state index contributed by atoms with van der Waals surface area (Å²) >= 11 is 0. The monoisotopic (exact) mass is 400 g/mol. The van der Waals surface area contributed by atoms with Gasteiger partial charge in [-0.25, -0.2) is 0 Å². The quantitative estimate of drug-likeness (QED) is 0.640. The summed E-state index contributed by atoms with van der Waals surface area (Å²) in [5, 5.41) is 5.36. The second-order valence-corrected chi connectivity index (χ2v) is 6.57. The average Bonchev–Trinajstić information content (AvgIpc) is 3.00. The molecule has 0 atom stereocenters. The SMILES string of the molecule is O=C(CN1C(=O)c2ccccc2C1=O)Nc1cccc(NC(=O)c2cccnc2)c1. The summed E-state index contributed by atoms with van der Waals surface area (Å²) in [7, 11) is 0. The van der Waals surface area contributed by atoms with Crippen LogP contribution in [-0.4, -0.2) is 40.1 Å². The minimum atomic E-state index is -0.528. The third-order valence-corrected chi connectivity index (χ3v) is 4.51. The largest absolute Gasteiger partial charge is 0.324 e. The van der Waals surface area contributed by atoms with Gasteiger partial charge in [0.05, 0.1) is 16.7 Å². The van der Waals surface area contributed by atoms with E-state index in [-0.39, 0.29) is 17.0 Å². The highest BCUT2D eigenvalue weighted by Crippen LogP contribution is 2.22. The Labute approximate surface area is 171 Å². The number of hydrogen-bond donors (Lipinski definition) is 2. The molecular formula is C22H16N4O4. The molecule has 0 saturated heterocycles. The molecule has 0 aliphatic carbocycles. The van der Waals surface area contributed by atoms with E-state index in [1.165, 1.54) is 6.20 Å². The van der Waals surface area contributed by atoms with Gasteiger partial charge < -0.3 is 10.6 Å². The number of amides is 4. The number of anilines is 2. The lowest BCUT2D eigenvalue weighted by Crippen LogP contribution is -2.37. The Kier molecular flexibility index (Phi) is 5.04. The van der Waals surface area contributed by atoms with Crippen molar-refractivity contribution in [1.82, 2.24) is 9.88 Å². The molecule has 0 unspecified atom stereocenters. The normalized spacial score (nSPS) is 12.5. The summed E-state index contributed by atoms with van der Waals surface area (Å²) in [4.78, 5) is 54.2. The zero-order chi connectivity index (χ0) is 21.1. The first kappa shape index (κ1) is 19.0. The maximum Gasteiger partial charge on any atom is 0.262 e. The van der Waals surface area contributed by atoms with Gasteiger partial charge in [0.25, 0.3) is 17.7 Å². The molecule has 2 aromatic carbocycles. The fourth-order valence-electron chi connectivity index (χ4n) is 3.10. The Morgan fingerprint density at radius 3 is 2.13 bits per heavy atom. The first-order valence-corrected chi connectivity index (χ1v) is 9.09. The molecule has 148 valence electrons. The van der Waals surface area contributed by atoms with Crippen LogP contribution in [0.25, 0.3) is 0 Å². The van der Waals surface area contributed by atoms with E-state index in [2.05, 4.69) is 15.6 Å². The lowest BCUT2D eigenvalue weighted by atomic mass is 10.1. The van der Waals surface area contributed by atoms with E-state index in [9.17, 15) is 19.2 Å². The van der Waals surface area contributed by atoms with Crippen LogP contribution in [0.15, 0.2) is 73.1 Å². The molecule has 0 saturated carbocycles. The van der Waals surface area contributed by atoms with Gasteiger partial charge in [0.2, 0.25) is 5.91 Å². The molecule has 4 amide bonds. The van der Waals surface area contributed by atoms with Gasteiger partial charge in [-0.3, -0.25) is 29.1 Å². The zero-order valence-electron chi connectivity index (χ0n) is 15.7. The second-order valence-electron chi connectivity index (χ2n) is 6.57. The summed E-state index contributed by atoms with van der Waals surface area (Å²) in [5.41, 5.74) is 1.87. The topological polar surface area (TPSA) is 108 Å². The van der Waals surface area contributed by atoms with Crippen molar-refractivity contribution in [1.29, 1.82) is 0 Å². The highest BCUT2D eigenvalue weighted by Gasteiger charge is 2.36. The van der Waals surface area contributed by atoms with E-state index in [0.717, 1.165) is 4.90 Å². The highest BCUT2D eigenvalue weighted by molar-refractivity contribution is 6.22. The summed E-state index contributed by atoms with van der Waals surface area (Å²) in [5.74, 6) is -1.86. The molecule has 3 aromatic rings. The van der Waals surface area contributed by atoms with Crippen LogP contribution < -0.4 is 10.6 Å². The van der Waals surface area contributed by atoms with Gasteiger partial charge in [0, 0.05) is 23.8 Å². The van der Waals surface area contributed by atoms with E-state index >= 15 is 0 Å². The third-order valence-electron chi connectivity index (χ3n) is 4.51.